The van der Waals surface area contributed by atoms with Gasteiger partial charge >= 0.3 is 0 Å². The average molecular weight is 273 g/mol. The van der Waals surface area contributed by atoms with Crippen LogP contribution >= 0.6 is 0 Å². The fraction of sp³-hybridized carbons (Fsp3) is 0.647. The first-order chi connectivity index (χ1) is 9.41. The SMILES string of the molecule is CN1CCN(CC2(c3ccc(N)cc3)CC2)CC1(C)C. The number of nitrogen functional groups attached to an aromatic ring is 1. The van der Waals surface area contributed by atoms with Crippen LogP contribution in [0.3, 0.4) is 0 Å². The van der Waals surface area contributed by atoms with E-state index in [9.17, 15) is 0 Å². The lowest BCUT2D eigenvalue weighted by Gasteiger charge is -2.46. The van der Waals surface area contributed by atoms with Gasteiger partial charge in [0.2, 0.25) is 0 Å². The van der Waals surface area contributed by atoms with Crippen molar-refractivity contribution in [3.05, 3.63) is 29.8 Å². The minimum absolute atomic E-state index is 0.287. The van der Waals surface area contributed by atoms with E-state index >= 15 is 0 Å². The summed E-state index contributed by atoms with van der Waals surface area (Å²) in [5.41, 5.74) is 8.84. The molecule has 1 aromatic rings. The van der Waals surface area contributed by atoms with E-state index in [0.717, 1.165) is 5.69 Å². The van der Waals surface area contributed by atoms with Crippen molar-refractivity contribution in [3.63, 3.8) is 0 Å². The fourth-order valence-corrected chi connectivity index (χ4v) is 3.43. The molecule has 1 saturated carbocycles. The Morgan fingerprint density at radius 2 is 1.75 bits per heavy atom. The summed E-state index contributed by atoms with van der Waals surface area (Å²) in [6.07, 6.45) is 2.65. The van der Waals surface area contributed by atoms with Gasteiger partial charge < -0.3 is 5.73 Å². The largest absolute Gasteiger partial charge is 0.399 e. The monoisotopic (exact) mass is 273 g/mol. The number of likely N-dealkylation sites (N-methyl/N-ethyl adjacent to an activating group) is 1. The quantitative estimate of drug-likeness (QED) is 0.858. The number of anilines is 1. The van der Waals surface area contributed by atoms with E-state index < -0.39 is 0 Å². The number of hydrogen-bond acceptors (Lipinski definition) is 3. The molecule has 0 bridgehead atoms. The third-order valence-corrected chi connectivity index (χ3v) is 5.30. The van der Waals surface area contributed by atoms with Gasteiger partial charge in [0.25, 0.3) is 0 Å². The van der Waals surface area contributed by atoms with Crippen LogP contribution in [0, 0.1) is 0 Å². The van der Waals surface area contributed by atoms with E-state index in [1.807, 2.05) is 12.1 Å². The second kappa shape index (κ2) is 4.74. The van der Waals surface area contributed by atoms with E-state index in [-0.39, 0.29) is 5.54 Å². The molecule has 20 heavy (non-hydrogen) atoms. The standard InChI is InChI=1S/C17H27N3/c1-16(2)12-20(11-10-19(16)3)13-17(8-9-17)14-4-6-15(18)7-5-14/h4-7H,8-13,18H2,1-3H3. The summed E-state index contributed by atoms with van der Waals surface area (Å²) in [5, 5.41) is 0. The molecule has 3 rings (SSSR count). The summed E-state index contributed by atoms with van der Waals surface area (Å²) >= 11 is 0. The summed E-state index contributed by atoms with van der Waals surface area (Å²) in [5.74, 6) is 0. The van der Waals surface area contributed by atoms with Crippen molar-refractivity contribution >= 4 is 5.69 Å². The first kappa shape index (κ1) is 13.9. The number of piperazine rings is 1. The zero-order valence-electron chi connectivity index (χ0n) is 13.0. The van der Waals surface area contributed by atoms with Crippen LogP contribution in [0.15, 0.2) is 24.3 Å². The van der Waals surface area contributed by atoms with Gasteiger partial charge in [-0.25, -0.2) is 0 Å². The molecule has 3 heteroatoms. The highest BCUT2D eigenvalue weighted by molar-refractivity contribution is 5.43. The van der Waals surface area contributed by atoms with Gasteiger partial charge in [-0.2, -0.15) is 0 Å². The average Bonchev–Trinajstić information content (AvgIpc) is 3.15. The van der Waals surface area contributed by atoms with Crippen LogP contribution in [0.2, 0.25) is 0 Å². The molecule has 1 aliphatic heterocycles. The van der Waals surface area contributed by atoms with E-state index in [4.69, 9.17) is 5.73 Å². The molecule has 0 spiro atoms. The van der Waals surface area contributed by atoms with Crippen molar-refractivity contribution in [1.29, 1.82) is 0 Å². The van der Waals surface area contributed by atoms with Crippen LogP contribution in [0.4, 0.5) is 5.69 Å². The Labute approximate surface area is 122 Å². The molecule has 0 radical (unpaired) electrons. The third kappa shape index (κ3) is 2.57. The van der Waals surface area contributed by atoms with Gasteiger partial charge in [-0.05, 0) is 51.4 Å². The molecule has 2 fully saturated rings. The van der Waals surface area contributed by atoms with Gasteiger partial charge in [0, 0.05) is 42.8 Å². The lowest BCUT2D eigenvalue weighted by atomic mass is 9.93. The minimum Gasteiger partial charge on any atom is -0.399 e. The van der Waals surface area contributed by atoms with Crippen molar-refractivity contribution in [2.45, 2.75) is 37.6 Å². The van der Waals surface area contributed by atoms with E-state index in [1.54, 1.807) is 0 Å². The van der Waals surface area contributed by atoms with Crippen LogP contribution < -0.4 is 5.73 Å². The number of nitrogens with two attached hydrogens (primary N) is 1. The maximum Gasteiger partial charge on any atom is 0.0314 e. The Morgan fingerprint density at radius 1 is 1.10 bits per heavy atom. The zero-order valence-corrected chi connectivity index (χ0v) is 13.0. The van der Waals surface area contributed by atoms with Gasteiger partial charge in [0.15, 0.2) is 0 Å². The molecule has 0 atom stereocenters. The van der Waals surface area contributed by atoms with E-state index in [1.165, 1.54) is 44.6 Å². The van der Waals surface area contributed by atoms with Crippen LogP contribution in [-0.4, -0.2) is 48.6 Å². The predicted molar refractivity (Wildman–Crippen MR) is 84.9 cm³/mol. The summed E-state index contributed by atoms with van der Waals surface area (Å²) < 4.78 is 0. The van der Waals surface area contributed by atoms with Gasteiger partial charge in [0.05, 0.1) is 0 Å². The van der Waals surface area contributed by atoms with Crippen molar-refractivity contribution < 1.29 is 0 Å². The maximum absolute atomic E-state index is 5.81. The number of hydrogen-bond donors (Lipinski definition) is 1. The highest BCUT2D eigenvalue weighted by atomic mass is 15.3. The van der Waals surface area contributed by atoms with Crippen molar-refractivity contribution in [1.82, 2.24) is 9.80 Å². The van der Waals surface area contributed by atoms with Gasteiger partial charge in [-0.1, -0.05) is 12.1 Å². The van der Waals surface area contributed by atoms with Crippen molar-refractivity contribution in [2.75, 3.05) is 39.0 Å². The molecule has 0 amide bonds. The Hall–Kier alpha value is -1.06. The number of rotatable bonds is 3. The van der Waals surface area contributed by atoms with Gasteiger partial charge in [-0.3, -0.25) is 9.80 Å². The molecule has 2 aliphatic rings. The first-order valence-electron chi connectivity index (χ1n) is 7.71. The molecule has 2 N–H and O–H groups in total. The van der Waals surface area contributed by atoms with Crippen molar-refractivity contribution in [3.8, 4) is 0 Å². The van der Waals surface area contributed by atoms with E-state index in [2.05, 4.69) is 42.8 Å². The molecule has 1 aromatic carbocycles. The smallest absolute Gasteiger partial charge is 0.0314 e. The second-order valence-corrected chi connectivity index (χ2v) is 7.35. The lowest BCUT2D eigenvalue weighted by molar-refractivity contribution is 0.0353. The summed E-state index contributed by atoms with van der Waals surface area (Å²) in [7, 11) is 2.24. The van der Waals surface area contributed by atoms with Crippen LogP contribution in [0.25, 0.3) is 0 Å². The Kier molecular flexibility index (Phi) is 3.30. The predicted octanol–water partition coefficient (Wildman–Crippen LogP) is 2.33. The molecule has 110 valence electrons. The number of benzene rings is 1. The minimum atomic E-state index is 0.287. The van der Waals surface area contributed by atoms with Gasteiger partial charge in [-0.15, -0.1) is 0 Å². The maximum atomic E-state index is 5.81. The topological polar surface area (TPSA) is 32.5 Å². The zero-order chi connectivity index (χ0) is 14.4. The molecule has 3 nitrogen and oxygen atoms in total. The Morgan fingerprint density at radius 3 is 2.30 bits per heavy atom. The van der Waals surface area contributed by atoms with Crippen molar-refractivity contribution in [2.24, 2.45) is 0 Å². The highest BCUT2D eigenvalue weighted by Crippen LogP contribution is 2.49. The second-order valence-electron chi connectivity index (χ2n) is 7.35. The molecular formula is C17H27N3. The van der Waals surface area contributed by atoms with Crippen LogP contribution in [-0.2, 0) is 5.41 Å². The number of nitrogens with zero attached hydrogens (tertiary/aromatic N) is 2. The molecule has 1 aliphatic carbocycles. The fourth-order valence-electron chi connectivity index (χ4n) is 3.43. The molecular weight excluding hydrogens is 246 g/mol. The molecule has 1 heterocycles. The van der Waals surface area contributed by atoms with E-state index in [0.29, 0.717) is 5.41 Å². The first-order valence-corrected chi connectivity index (χ1v) is 7.71. The van der Waals surface area contributed by atoms with Crippen LogP contribution in [0.5, 0.6) is 0 Å². The third-order valence-electron chi connectivity index (χ3n) is 5.30. The Bertz CT molecular complexity index is 474. The lowest BCUT2D eigenvalue weighted by Crippen LogP contribution is -2.58. The Balaban J connectivity index is 1.70. The van der Waals surface area contributed by atoms with Gasteiger partial charge in [0.1, 0.15) is 0 Å². The summed E-state index contributed by atoms with van der Waals surface area (Å²) in [4.78, 5) is 5.13. The normalized spacial score (nSPS) is 25.6. The highest BCUT2D eigenvalue weighted by Gasteiger charge is 2.46. The molecule has 0 unspecified atom stereocenters. The summed E-state index contributed by atoms with van der Waals surface area (Å²) in [6.45, 7) is 9.43. The molecule has 1 saturated heterocycles. The molecule has 0 aromatic heterocycles. The summed E-state index contributed by atoms with van der Waals surface area (Å²) in [6, 6.07) is 8.54. The van der Waals surface area contributed by atoms with Crippen LogP contribution in [0.1, 0.15) is 32.3 Å².